The number of ether oxygens (including phenoxy) is 1. The molecule has 0 aromatic heterocycles. The molecule has 0 radical (unpaired) electrons. The summed E-state index contributed by atoms with van der Waals surface area (Å²) in [6, 6.07) is 16.8. The van der Waals surface area contributed by atoms with E-state index < -0.39 is 23.7 Å². The maximum Gasteiger partial charge on any atom is 0.335 e. The molecule has 1 aliphatic heterocycles. The van der Waals surface area contributed by atoms with Gasteiger partial charge in [-0.15, -0.1) is 0 Å². The number of carbonyl (C=O) groups is 3. The monoisotopic (exact) mass is 524 g/mol. The minimum Gasteiger partial charge on any atom is -0.488 e. The highest BCUT2D eigenvalue weighted by Crippen LogP contribution is 2.28. The Morgan fingerprint density at radius 2 is 1.82 bits per heavy atom. The molecular weight excluding hydrogens is 507 g/mol. The summed E-state index contributed by atoms with van der Waals surface area (Å²) in [6.45, 7) is -0.0275. The van der Waals surface area contributed by atoms with Crippen molar-refractivity contribution in [3.8, 4) is 5.75 Å². The van der Waals surface area contributed by atoms with Crippen molar-refractivity contribution in [3.63, 3.8) is 0 Å². The predicted octanol–water partition coefficient (Wildman–Crippen LogP) is 4.96. The highest BCUT2D eigenvalue weighted by Gasteiger charge is 2.34. The number of nitrogens with zero attached hydrogens (tertiary/aromatic N) is 1. The summed E-state index contributed by atoms with van der Waals surface area (Å²) in [7, 11) is 0. The number of carbonyl (C=O) groups excluding carboxylic acids is 2. The Hall–Kier alpha value is -3.98. The van der Waals surface area contributed by atoms with Crippen molar-refractivity contribution >= 4 is 39.9 Å². The molecule has 0 saturated carbocycles. The molecule has 1 fully saturated rings. The van der Waals surface area contributed by atoms with Crippen LogP contribution in [0.25, 0.3) is 6.08 Å². The molecule has 4 rings (SSSR count). The number of hydrogen-bond donors (Lipinski definition) is 2. The van der Waals surface area contributed by atoms with Crippen LogP contribution in [0.2, 0.25) is 0 Å². The van der Waals surface area contributed by atoms with E-state index >= 15 is 0 Å². The van der Waals surface area contributed by atoms with Crippen molar-refractivity contribution in [2.24, 2.45) is 0 Å². The molecule has 172 valence electrons. The Bertz CT molecular complexity index is 1310. The van der Waals surface area contributed by atoms with E-state index in [0.717, 1.165) is 14.9 Å². The zero-order valence-corrected chi connectivity index (χ0v) is 19.2. The van der Waals surface area contributed by atoms with Gasteiger partial charge in [0.25, 0.3) is 5.91 Å². The maximum atomic E-state index is 14.0. The molecular formula is C25H18BrFN2O5. The van der Waals surface area contributed by atoms with Crippen LogP contribution >= 0.6 is 15.9 Å². The molecule has 0 bridgehead atoms. The molecule has 0 spiro atoms. The number of urea groups is 1. The van der Waals surface area contributed by atoms with Gasteiger partial charge in [0, 0.05) is 15.6 Å². The number of aromatic carboxylic acids is 1. The van der Waals surface area contributed by atoms with Gasteiger partial charge in [0.2, 0.25) is 0 Å². The first-order chi connectivity index (χ1) is 16.3. The average molecular weight is 525 g/mol. The number of halogens is 2. The first-order valence-corrected chi connectivity index (χ1v) is 10.9. The largest absolute Gasteiger partial charge is 0.488 e. The van der Waals surface area contributed by atoms with Gasteiger partial charge < -0.3 is 15.2 Å². The van der Waals surface area contributed by atoms with Gasteiger partial charge in [-0.05, 0) is 48.0 Å². The van der Waals surface area contributed by atoms with Gasteiger partial charge in [0.1, 0.15) is 23.9 Å². The van der Waals surface area contributed by atoms with Crippen LogP contribution in [0.1, 0.15) is 27.0 Å². The van der Waals surface area contributed by atoms with Crippen molar-refractivity contribution in [2.75, 3.05) is 0 Å². The van der Waals surface area contributed by atoms with Gasteiger partial charge in [-0.1, -0.05) is 46.3 Å². The van der Waals surface area contributed by atoms with Crippen molar-refractivity contribution in [1.82, 2.24) is 10.2 Å². The molecule has 1 heterocycles. The van der Waals surface area contributed by atoms with E-state index in [9.17, 15) is 18.8 Å². The summed E-state index contributed by atoms with van der Waals surface area (Å²) >= 11 is 3.39. The number of rotatable bonds is 7. The van der Waals surface area contributed by atoms with E-state index in [1.165, 1.54) is 36.4 Å². The van der Waals surface area contributed by atoms with E-state index in [4.69, 9.17) is 9.84 Å². The Kier molecular flexibility index (Phi) is 6.74. The normalized spacial score (nSPS) is 14.4. The van der Waals surface area contributed by atoms with Gasteiger partial charge in [0.15, 0.2) is 0 Å². The molecule has 3 aromatic carbocycles. The Morgan fingerprint density at radius 1 is 1.09 bits per heavy atom. The first-order valence-electron chi connectivity index (χ1n) is 10.1. The number of amides is 3. The van der Waals surface area contributed by atoms with E-state index in [0.29, 0.717) is 11.3 Å². The highest BCUT2D eigenvalue weighted by molar-refractivity contribution is 9.10. The van der Waals surface area contributed by atoms with Crippen LogP contribution in [-0.2, 0) is 17.9 Å². The standard InChI is InChI=1S/C25H18BrFN2O5/c26-19-9-10-22(34-14-15-5-7-16(8-6-15)24(31)32)18(11-19)12-21-23(30)29(25(33)28-21)13-17-3-1-2-4-20(17)27/h1-12H,13-14H2,(H,28,33)(H,31,32)/b21-12+. The van der Waals surface area contributed by atoms with E-state index in [1.54, 1.807) is 36.4 Å². The highest BCUT2D eigenvalue weighted by atomic mass is 79.9. The van der Waals surface area contributed by atoms with Gasteiger partial charge in [-0.2, -0.15) is 0 Å². The van der Waals surface area contributed by atoms with Gasteiger partial charge >= 0.3 is 12.0 Å². The number of imide groups is 1. The molecule has 1 aliphatic rings. The van der Waals surface area contributed by atoms with Crippen molar-refractivity contribution in [3.05, 3.63) is 105 Å². The smallest absolute Gasteiger partial charge is 0.335 e. The fourth-order valence-corrected chi connectivity index (χ4v) is 3.71. The lowest BCUT2D eigenvalue weighted by atomic mass is 10.1. The SMILES string of the molecule is O=C(O)c1ccc(COc2ccc(Br)cc2/C=C2/NC(=O)N(Cc3ccccc3F)C2=O)cc1. The van der Waals surface area contributed by atoms with E-state index in [1.807, 2.05) is 0 Å². The topological polar surface area (TPSA) is 95.9 Å². The van der Waals surface area contributed by atoms with E-state index in [-0.39, 0.29) is 30.0 Å². The summed E-state index contributed by atoms with van der Waals surface area (Å²) in [5.41, 5.74) is 1.73. The lowest BCUT2D eigenvalue weighted by Crippen LogP contribution is -2.30. The van der Waals surface area contributed by atoms with Crippen LogP contribution in [0.3, 0.4) is 0 Å². The van der Waals surface area contributed by atoms with Gasteiger partial charge in [0.05, 0.1) is 12.1 Å². The maximum absolute atomic E-state index is 14.0. The van der Waals surface area contributed by atoms with Crippen molar-refractivity contribution < 1.29 is 28.6 Å². The summed E-state index contributed by atoms with van der Waals surface area (Å²) in [5.74, 6) is -1.64. The third kappa shape index (κ3) is 5.15. The molecule has 3 amide bonds. The Balaban J connectivity index is 1.53. The van der Waals surface area contributed by atoms with Crippen LogP contribution in [-0.4, -0.2) is 27.9 Å². The zero-order chi connectivity index (χ0) is 24.2. The summed E-state index contributed by atoms with van der Waals surface area (Å²) in [4.78, 5) is 37.2. The second kappa shape index (κ2) is 9.88. The third-order valence-electron chi connectivity index (χ3n) is 5.12. The lowest BCUT2D eigenvalue weighted by Gasteiger charge is -2.12. The number of carboxylic acids is 1. The molecule has 9 heteroatoms. The zero-order valence-electron chi connectivity index (χ0n) is 17.6. The minimum absolute atomic E-state index is 0.0371. The number of carboxylic acid groups (broad SMARTS) is 1. The molecule has 3 aromatic rings. The molecule has 7 nitrogen and oxygen atoms in total. The first kappa shape index (κ1) is 23.2. The predicted molar refractivity (Wildman–Crippen MR) is 125 cm³/mol. The summed E-state index contributed by atoms with van der Waals surface area (Å²) < 4.78 is 20.6. The van der Waals surface area contributed by atoms with Crippen LogP contribution in [0, 0.1) is 5.82 Å². The summed E-state index contributed by atoms with van der Waals surface area (Å²) in [6.07, 6.45) is 1.50. The molecule has 34 heavy (non-hydrogen) atoms. The van der Waals surface area contributed by atoms with Crippen LogP contribution < -0.4 is 10.1 Å². The van der Waals surface area contributed by atoms with E-state index in [2.05, 4.69) is 21.2 Å². The van der Waals surface area contributed by atoms with Crippen molar-refractivity contribution in [2.45, 2.75) is 13.2 Å². The average Bonchev–Trinajstić information content (AvgIpc) is 3.07. The Labute approximate surface area is 202 Å². The summed E-state index contributed by atoms with van der Waals surface area (Å²) in [5, 5.41) is 11.5. The van der Waals surface area contributed by atoms with Crippen molar-refractivity contribution in [1.29, 1.82) is 0 Å². The Morgan fingerprint density at radius 3 is 2.53 bits per heavy atom. The van der Waals surface area contributed by atoms with Crippen LogP contribution in [0.15, 0.2) is 76.9 Å². The second-order valence-corrected chi connectivity index (χ2v) is 8.36. The van der Waals surface area contributed by atoms with Gasteiger partial charge in [-0.25, -0.2) is 14.0 Å². The fraction of sp³-hybridized carbons (Fsp3) is 0.0800. The lowest BCUT2D eigenvalue weighted by molar-refractivity contribution is -0.123. The van der Waals surface area contributed by atoms with Crippen LogP contribution in [0.4, 0.5) is 9.18 Å². The minimum atomic E-state index is -1.01. The molecule has 0 aliphatic carbocycles. The molecule has 2 N–H and O–H groups in total. The second-order valence-electron chi connectivity index (χ2n) is 7.44. The number of nitrogens with one attached hydrogen (secondary N) is 1. The van der Waals surface area contributed by atoms with Gasteiger partial charge in [-0.3, -0.25) is 9.69 Å². The molecule has 1 saturated heterocycles. The molecule has 0 atom stereocenters. The van der Waals surface area contributed by atoms with Crippen LogP contribution in [0.5, 0.6) is 5.75 Å². The molecule has 0 unspecified atom stereocenters. The third-order valence-corrected chi connectivity index (χ3v) is 5.61. The fourth-order valence-electron chi connectivity index (χ4n) is 3.34. The number of hydrogen-bond acceptors (Lipinski definition) is 4. The number of benzene rings is 3. The quantitative estimate of drug-likeness (QED) is 0.336.